The maximum absolute atomic E-state index is 10.3. The van der Waals surface area contributed by atoms with Crippen molar-refractivity contribution in [1.29, 1.82) is 0 Å². The van der Waals surface area contributed by atoms with E-state index in [1.807, 2.05) is 30.3 Å². The van der Waals surface area contributed by atoms with Gasteiger partial charge in [0.15, 0.2) is 0 Å². The maximum atomic E-state index is 10.3. The SMILES string of the molecule is Oc1ccccc1-c1nc(C(c2c[nH]c3ccccc23)c2c[nH]c3ccccc23)cs1. The lowest BCUT2D eigenvalue weighted by Crippen LogP contribution is -2.03. The van der Waals surface area contributed by atoms with Gasteiger partial charge in [-0.1, -0.05) is 48.5 Å². The summed E-state index contributed by atoms with van der Waals surface area (Å²) < 4.78 is 0. The Morgan fingerprint density at radius 3 is 1.97 bits per heavy atom. The molecule has 0 amide bonds. The van der Waals surface area contributed by atoms with Crippen molar-refractivity contribution in [3.05, 3.63) is 107 Å². The first kappa shape index (κ1) is 18.0. The minimum atomic E-state index is -0.0387. The number of hydrogen-bond donors (Lipinski definition) is 3. The molecule has 0 unspecified atom stereocenters. The first-order valence-corrected chi connectivity index (χ1v) is 11.0. The van der Waals surface area contributed by atoms with Gasteiger partial charge < -0.3 is 15.1 Å². The lowest BCUT2D eigenvalue weighted by molar-refractivity contribution is 0.477. The highest BCUT2D eigenvalue weighted by atomic mass is 32.1. The number of fused-ring (bicyclic) bond motifs is 2. The summed E-state index contributed by atoms with van der Waals surface area (Å²) in [7, 11) is 0. The van der Waals surface area contributed by atoms with E-state index in [9.17, 15) is 5.11 Å². The van der Waals surface area contributed by atoms with Crippen LogP contribution < -0.4 is 0 Å². The normalized spacial score (nSPS) is 11.6. The van der Waals surface area contributed by atoms with Crippen LogP contribution in [0.5, 0.6) is 5.75 Å². The van der Waals surface area contributed by atoms with Crippen LogP contribution in [0.4, 0.5) is 0 Å². The van der Waals surface area contributed by atoms with Crippen molar-refractivity contribution >= 4 is 33.1 Å². The van der Waals surface area contributed by atoms with E-state index in [1.165, 1.54) is 21.9 Å². The molecule has 0 aliphatic rings. The van der Waals surface area contributed by atoms with Gasteiger partial charge in [-0.2, -0.15) is 0 Å². The van der Waals surface area contributed by atoms with Crippen LogP contribution in [0.1, 0.15) is 22.7 Å². The highest BCUT2D eigenvalue weighted by Gasteiger charge is 2.26. The van der Waals surface area contributed by atoms with Gasteiger partial charge in [-0.3, -0.25) is 0 Å². The third-order valence-electron chi connectivity index (χ3n) is 5.82. The zero-order valence-electron chi connectivity index (χ0n) is 16.5. The number of benzene rings is 3. The molecule has 3 aromatic heterocycles. The quantitative estimate of drug-likeness (QED) is 0.298. The van der Waals surface area contributed by atoms with E-state index in [2.05, 4.69) is 64.1 Å². The van der Waals surface area contributed by atoms with Crippen LogP contribution in [0.15, 0.2) is 90.6 Å². The van der Waals surface area contributed by atoms with Crippen molar-refractivity contribution in [2.24, 2.45) is 0 Å². The number of para-hydroxylation sites is 3. The van der Waals surface area contributed by atoms with Crippen LogP contribution in [0.3, 0.4) is 0 Å². The van der Waals surface area contributed by atoms with Gasteiger partial charge in [-0.25, -0.2) is 4.98 Å². The van der Waals surface area contributed by atoms with Gasteiger partial charge in [0.2, 0.25) is 0 Å². The molecule has 0 bridgehead atoms. The topological polar surface area (TPSA) is 64.7 Å². The summed E-state index contributed by atoms with van der Waals surface area (Å²) in [5, 5.41) is 15.6. The van der Waals surface area contributed by atoms with E-state index < -0.39 is 0 Å². The van der Waals surface area contributed by atoms with Crippen molar-refractivity contribution in [1.82, 2.24) is 15.0 Å². The van der Waals surface area contributed by atoms with Gasteiger partial charge in [0.1, 0.15) is 10.8 Å². The Morgan fingerprint density at radius 1 is 0.742 bits per heavy atom. The molecule has 0 fully saturated rings. The average Bonchev–Trinajstić information content (AvgIpc) is 3.54. The molecule has 5 heteroatoms. The van der Waals surface area contributed by atoms with Gasteiger partial charge in [-0.05, 0) is 35.4 Å². The number of aromatic hydroxyl groups is 1. The fraction of sp³-hybridized carbons (Fsp3) is 0.0385. The Balaban J connectivity index is 1.58. The Labute approximate surface area is 182 Å². The zero-order chi connectivity index (χ0) is 20.8. The van der Waals surface area contributed by atoms with Crippen LogP contribution in [-0.2, 0) is 0 Å². The first-order chi connectivity index (χ1) is 15.3. The molecular formula is C26H19N3OS. The molecule has 0 aliphatic carbocycles. The summed E-state index contributed by atoms with van der Waals surface area (Å²) in [6, 6.07) is 24.1. The molecule has 6 rings (SSSR count). The molecule has 0 spiro atoms. The monoisotopic (exact) mass is 421 g/mol. The standard InChI is InChI=1S/C26H19N3OS/c30-24-12-6-3-9-18(24)26-29-23(15-31-26)25(19-13-27-21-10-4-1-7-16(19)21)20-14-28-22-11-5-2-8-17(20)22/h1-15,25,27-28,30H. The molecule has 3 N–H and O–H groups in total. The third kappa shape index (κ3) is 2.94. The van der Waals surface area contributed by atoms with Crippen molar-refractivity contribution in [3.63, 3.8) is 0 Å². The number of thiazole rings is 1. The molecule has 31 heavy (non-hydrogen) atoms. The lowest BCUT2D eigenvalue weighted by atomic mass is 9.88. The molecule has 0 atom stereocenters. The molecule has 3 heterocycles. The van der Waals surface area contributed by atoms with E-state index in [0.717, 1.165) is 27.3 Å². The number of phenolic OH excluding ortho intramolecular Hbond substituents is 1. The third-order valence-corrected chi connectivity index (χ3v) is 6.71. The highest BCUT2D eigenvalue weighted by molar-refractivity contribution is 7.13. The van der Waals surface area contributed by atoms with Crippen LogP contribution in [-0.4, -0.2) is 20.1 Å². The second kappa shape index (κ2) is 7.15. The summed E-state index contributed by atoms with van der Waals surface area (Å²) >= 11 is 1.56. The van der Waals surface area contributed by atoms with Gasteiger partial charge in [0.25, 0.3) is 0 Å². The minimum absolute atomic E-state index is 0.0387. The number of H-pyrrole nitrogens is 2. The largest absolute Gasteiger partial charge is 0.507 e. The molecular weight excluding hydrogens is 402 g/mol. The number of rotatable bonds is 4. The minimum Gasteiger partial charge on any atom is -0.507 e. The van der Waals surface area contributed by atoms with E-state index in [0.29, 0.717) is 0 Å². The summed E-state index contributed by atoms with van der Waals surface area (Å²) in [4.78, 5) is 11.8. The Morgan fingerprint density at radius 2 is 1.32 bits per heavy atom. The van der Waals surface area contributed by atoms with Crippen molar-refractivity contribution < 1.29 is 5.11 Å². The second-order valence-corrected chi connectivity index (χ2v) is 8.46. The molecule has 150 valence electrons. The zero-order valence-corrected chi connectivity index (χ0v) is 17.4. The van der Waals surface area contributed by atoms with E-state index in [4.69, 9.17) is 4.98 Å². The highest BCUT2D eigenvalue weighted by Crippen LogP contribution is 2.41. The Hall–Kier alpha value is -3.83. The van der Waals surface area contributed by atoms with Gasteiger partial charge in [0, 0.05) is 39.6 Å². The predicted molar refractivity (Wildman–Crippen MR) is 127 cm³/mol. The average molecular weight is 422 g/mol. The van der Waals surface area contributed by atoms with E-state index >= 15 is 0 Å². The van der Waals surface area contributed by atoms with Gasteiger partial charge in [-0.15, -0.1) is 11.3 Å². The smallest absolute Gasteiger partial charge is 0.127 e. The summed E-state index contributed by atoms with van der Waals surface area (Å²) in [6.07, 6.45) is 4.19. The van der Waals surface area contributed by atoms with Crippen LogP contribution in [0.2, 0.25) is 0 Å². The Bertz CT molecular complexity index is 1450. The number of aromatic nitrogens is 3. The molecule has 0 saturated heterocycles. The van der Waals surface area contributed by atoms with Crippen LogP contribution in [0, 0.1) is 0 Å². The Kier molecular flexibility index (Phi) is 4.14. The number of nitrogens with one attached hydrogen (secondary N) is 2. The summed E-state index contributed by atoms with van der Waals surface area (Å²) in [5.41, 5.74) is 6.33. The van der Waals surface area contributed by atoms with E-state index in [1.54, 1.807) is 17.4 Å². The molecule has 6 aromatic rings. The maximum Gasteiger partial charge on any atom is 0.127 e. The number of aromatic amines is 2. The molecule has 3 aromatic carbocycles. The first-order valence-electron chi connectivity index (χ1n) is 10.2. The van der Waals surface area contributed by atoms with Crippen LogP contribution >= 0.6 is 11.3 Å². The lowest BCUT2D eigenvalue weighted by Gasteiger charge is -2.14. The fourth-order valence-electron chi connectivity index (χ4n) is 4.35. The molecule has 0 aliphatic heterocycles. The van der Waals surface area contributed by atoms with Crippen LogP contribution in [0.25, 0.3) is 32.4 Å². The fourth-order valence-corrected chi connectivity index (χ4v) is 5.23. The number of hydrogen-bond acceptors (Lipinski definition) is 3. The number of phenols is 1. The summed E-state index contributed by atoms with van der Waals surface area (Å²) in [6.45, 7) is 0. The van der Waals surface area contributed by atoms with Crippen molar-refractivity contribution in [2.45, 2.75) is 5.92 Å². The predicted octanol–water partition coefficient (Wildman–Crippen LogP) is 6.66. The van der Waals surface area contributed by atoms with Crippen molar-refractivity contribution in [2.75, 3.05) is 0 Å². The number of nitrogens with zero attached hydrogens (tertiary/aromatic N) is 1. The van der Waals surface area contributed by atoms with Crippen molar-refractivity contribution in [3.8, 4) is 16.3 Å². The molecule has 0 saturated carbocycles. The molecule has 0 radical (unpaired) electrons. The van der Waals surface area contributed by atoms with Gasteiger partial charge >= 0.3 is 0 Å². The molecule has 4 nitrogen and oxygen atoms in total. The van der Waals surface area contributed by atoms with E-state index in [-0.39, 0.29) is 11.7 Å². The van der Waals surface area contributed by atoms with Gasteiger partial charge in [0.05, 0.1) is 17.2 Å². The second-order valence-electron chi connectivity index (χ2n) is 7.61. The summed E-state index contributed by atoms with van der Waals surface area (Å²) in [5.74, 6) is 0.210.